The number of amides is 1. The van der Waals surface area contributed by atoms with E-state index in [4.69, 9.17) is 17.3 Å². The van der Waals surface area contributed by atoms with E-state index in [1.807, 2.05) is 13.2 Å². The average Bonchev–Trinajstić information content (AvgIpc) is 2.50. The molecule has 0 saturated carbocycles. The zero-order valence-electron chi connectivity index (χ0n) is 7.49. The summed E-state index contributed by atoms with van der Waals surface area (Å²) in [4.78, 5) is 15.0. The Labute approximate surface area is 85.3 Å². The summed E-state index contributed by atoms with van der Waals surface area (Å²) in [5.41, 5.74) is 6.33. The molecule has 0 unspecified atom stereocenters. The smallest absolute Gasteiger partial charge is 0.252 e. The summed E-state index contributed by atoms with van der Waals surface area (Å²) < 4.78 is 1.79. The van der Waals surface area contributed by atoms with Gasteiger partial charge in [-0.1, -0.05) is 11.6 Å². The van der Waals surface area contributed by atoms with Crippen molar-refractivity contribution < 1.29 is 4.79 Å². The highest BCUT2D eigenvalue weighted by Gasteiger charge is 2.12. The van der Waals surface area contributed by atoms with Crippen molar-refractivity contribution in [3.63, 3.8) is 0 Å². The van der Waals surface area contributed by atoms with Gasteiger partial charge >= 0.3 is 0 Å². The molecule has 2 aromatic heterocycles. The van der Waals surface area contributed by atoms with E-state index < -0.39 is 5.91 Å². The lowest BCUT2D eigenvalue weighted by Crippen LogP contribution is -2.13. The van der Waals surface area contributed by atoms with E-state index in [2.05, 4.69) is 4.98 Å². The maximum absolute atomic E-state index is 11.1. The van der Waals surface area contributed by atoms with E-state index in [0.29, 0.717) is 10.7 Å². The third kappa shape index (κ3) is 1.15. The molecule has 0 fully saturated rings. The molecule has 2 aromatic rings. The Hall–Kier alpha value is -1.55. The number of hydrogen-bond donors (Lipinski definition) is 1. The Bertz CT molecular complexity index is 518. The van der Waals surface area contributed by atoms with Crippen LogP contribution in [0, 0.1) is 0 Å². The highest BCUT2D eigenvalue weighted by molar-refractivity contribution is 6.34. The van der Waals surface area contributed by atoms with Crippen LogP contribution in [0.1, 0.15) is 10.4 Å². The molecule has 0 radical (unpaired) electrons. The zero-order chi connectivity index (χ0) is 10.3. The van der Waals surface area contributed by atoms with Gasteiger partial charge in [0.15, 0.2) is 0 Å². The van der Waals surface area contributed by atoms with Crippen molar-refractivity contribution in [2.45, 2.75) is 0 Å². The van der Waals surface area contributed by atoms with Crippen LogP contribution >= 0.6 is 11.6 Å². The minimum absolute atomic E-state index is 0.380. The van der Waals surface area contributed by atoms with Gasteiger partial charge in [0, 0.05) is 24.8 Å². The number of nitrogens with zero attached hydrogens (tertiary/aromatic N) is 2. The van der Waals surface area contributed by atoms with E-state index >= 15 is 0 Å². The van der Waals surface area contributed by atoms with Gasteiger partial charge in [-0.25, -0.2) is 4.98 Å². The number of aromatic nitrogens is 2. The van der Waals surface area contributed by atoms with Crippen molar-refractivity contribution in [1.29, 1.82) is 0 Å². The Balaban J connectivity index is 2.92. The number of aryl methyl sites for hydroxylation is 1. The highest BCUT2D eigenvalue weighted by atomic mass is 35.5. The number of halogens is 1. The van der Waals surface area contributed by atoms with Crippen LogP contribution in [0.3, 0.4) is 0 Å². The molecule has 14 heavy (non-hydrogen) atoms. The lowest BCUT2D eigenvalue weighted by molar-refractivity contribution is 0.100. The van der Waals surface area contributed by atoms with E-state index in [-0.39, 0.29) is 0 Å². The molecule has 0 aliphatic rings. The number of hydrogen-bond acceptors (Lipinski definition) is 2. The van der Waals surface area contributed by atoms with Gasteiger partial charge in [-0.3, -0.25) is 4.79 Å². The van der Waals surface area contributed by atoms with Crippen LogP contribution in [0.15, 0.2) is 18.5 Å². The van der Waals surface area contributed by atoms with Crippen LogP contribution in [0.2, 0.25) is 5.15 Å². The van der Waals surface area contributed by atoms with Gasteiger partial charge in [-0.15, -0.1) is 0 Å². The second-order valence-corrected chi connectivity index (χ2v) is 3.37. The summed E-state index contributed by atoms with van der Waals surface area (Å²) in [5.74, 6) is -0.499. The van der Waals surface area contributed by atoms with Gasteiger partial charge in [0.1, 0.15) is 5.15 Å². The van der Waals surface area contributed by atoms with Gasteiger partial charge in [-0.05, 0) is 6.07 Å². The van der Waals surface area contributed by atoms with Crippen molar-refractivity contribution in [1.82, 2.24) is 9.55 Å². The van der Waals surface area contributed by atoms with Crippen LogP contribution in [0.4, 0.5) is 0 Å². The predicted molar refractivity (Wildman–Crippen MR) is 54.2 cm³/mol. The lowest BCUT2D eigenvalue weighted by atomic mass is 10.2. The third-order valence-electron chi connectivity index (χ3n) is 2.12. The number of pyridine rings is 1. The van der Waals surface area contributed by atoms with Crippen molar-refractivity contribution in [3.05, 3.63) is 29.2 Å². The largest absolute Gasteiger partial charge is 0.365 e. The van der Waals surface area contributed by atoms with Gasteiger partial charge in [0.25, 0.3) is 5.91 Å². The normalized spacial score (nSPS) is 10.7. The Morgan fingerprint density at radius 3 is 3.00 bits per heavy atom. The maximum Gasteiger partial charge on any atom is 0.252 e. The number of carbonyl (C=O) groups is 1. The summed E-state index contributed by atoms with van der Waals surface area (Å²) >= 11 is 5.87. The van der Waals surface area contributed by atoms with E-state index in [1.54, 1.807) is 10.6 Å². The molecule has 2 heterocycles. The number of fused-ring (bicyclic) bond motifs is 1. The molecule has 0 bridgehead atoms. The fourth-order valence-electron chi connectivity index (χ4n) is 1.46. The van der Waals surface area contributed by atoms with Crippen LogP contribution in [0.5, 0.6) is 0 Å². The Morgan fingerprint density at radius 1 is 1.64 bits per heavy atom. The molecule has 2 rings (SSSR count). The van der Waals surface area contributed by atoms with Crippen molar-refractivity contribution in [2.24, 2.45) is 12.8 Å². The topological polar surface area (TPSA) is 60.9 Å². The second-order valence-electron chi connectivity index (χ2n) is 3.02. The van der Waals surface area contributed by atoms with Crippen molar-refractivity contribution in [3.8, 4) is 0 Å². The third-order valence-corrected chi connectivity index (χ3v) is 2.42. The zero-order valence-corrected chi connectivity index (χ0v) is 8.25. The summed E-state index contributed by atoms with van der Waals surface area (Å²) in [6.07, 6.45) is 3.21. The molecule has 0 aromatic carbocycles. The molecular formula is C9H8ClN3O. The highest BCUT2D eigenvalue weighted by Crippen LogP contribution is 2.24. The summed E-state index contributed by atoms with van der Waals surface area (Å²) in [6.45, 7) is 0. The molecule has 0 saturated heterocycles. The Morgan fingerprint density at radius 2 is 2.36 bits per heavy atom. The SMILES string of the molecule is Cn1ccc2c(Cl)ncc(C(N)=O)c21. The van der Waals surface area contributed by atoms with Crippen molar-refractivity contribution in [2.75, 3.05) is 0 Å². The fourth-order valence-corrected chi connectivity index (χ4v) is 1.66. The molecule has 0 spiro atoms. The number of rotatable bonds is 1. The number of carbonyl (C=O) groups excluding carboxylic acids is 1. The van der Waals surface area contributed by atoms with Gasteiger partial charge in [-0.2, -0.15) is 0 Å². The van der Waals surface area contributed by atoms with Crippen LogP contribution in [0.25, 0.3) is 10.9 Å². The first kappa shape index (κ1) is 9.02. The van der Waals surface area contributed by atoms with E-state index in [0.717, 1.165) is 10.9 Å². The molecular weight excluding hydrogens is 202 g/mol. The molecule has 0 atom stereocenters. The van der Waals surface area contributed by atoms with Gasteiger partial charge in [0.05, 0.1) is 11.1 Å². The lowest BCUT2D eigenvalue weighted by Gasteiger charge is -2.02. The van der Waals surface area contributed by atoms with Crippen LogP contribution in [-0.2, 0) is 7.05 Å². The molecule has 4 nitrogen and oxygen atoms in total. The quantitative estimate of drug-likeness (QED) is 0.721. The Kier molecular flexibility index (Phi) is 1.93. The molecule has 2 N–H and O–H groups in total. The fraction of sp³-hybridized carbons (Fsp3) is 0.111. The molecule has 5 heteroatoms. The molecule has 72 valence electrons. The standard InChI is InChI=1S/C9H8ClN3O/c1-13-3-2-5-7(13)6(9(11)14)4-12-8(5)10/h2-4H,1H3,(H2,11,14). The maximum atomic E-state index is 11.1. The molecule has 0 aliphatic carbocycles. The number of nitrogens with two attached hydrogens (primary N) is 1. The molecule has 1 amide bonds. The van der Waals surface area contributed by atoms with Gasteiger partial charge in [0.2, 0.25) is 0 Å². The summed E-state index contributed by atoms with van der Waals surface area (Å²) in [6, 6.07) is 1.80. The van der Waals surface area contributed by atoms with Crippen molar-refractivity contribution >= 4 is 28.4 Å². The summed E-state index contributed by atoms with van der Waals surface area (Å²) in [5, 5.41) is 1.12. The monoisotopic (exact) mass is 209 g/mol. The first-order valence-corrected chi connectivity index (χ1v) is 4.38. The first-order valence-electron chi connectivity index (χ1n) is 4.00. The van der Waals surface area contributed by atoms with Gasteiger partial charge < -0.3 is 10.3 Å². The van der Waals surface area contributed by atoms with Crippen LogP contribution < -0.4 is 5.73 Å². The second kappa shape index (κ2) is 2.99. The minimum atomic E-state index is -0.499. The first-order chi connectivity index (χ1) is 6.61. The average molecular weight is 210 g/mol. The summed E-state index contributed by atoms with van der Waals surface area (Å²) in [7, 11) is 1.82. The molecule has 0 aliphatic heterocycles. The number of primary amides is 1. The van der Waals surface area contributed by atoms with E-state index in [9.17, 15) is 4.79 Å². The minimum Gasteiger partial charge on any atom is -0.365 e. The predicted octanol–water partition coefficient (Wildman–Crippen LogP) is 1.33. The van der Waals surface area contributed by atoms with Crippen LogP contribution in [-0.4, -0.2) is 15.5 Å². The van der Waals surface area contributed by atoms with E-state index in [1.165, 1.54) is 6.20 Å².